The van der Waals surface area contributed by atoms with E-state index in [-0.39, 0.29) is 18.1 Å². The summed E-state index contributed by atoms with van der Waals surface area (Å²) < 4.78 is 0. The van der Waals surface area contributed by atoms with Crippen molar-refractivity contribution in [3.63, 3.8) is 0 Å². The number of fused-ring (bicyclic) bond motifs is 1. The Bertz CT molecular complexity index is 1040. The number of phenols is 1. The Morgan fingerprint density at radius 1 is 1.24 bits per heavy atom. The third-order valence-corrected chi connectivity index (χ3v) is 4.59. The molecular weight excluding hydrogens is 336 g/mol. The highest BCUT2D eigenvalue weighted by Crippen LogP contribution is 2.26. The lowest BCUT2D eigenvalue weighted by Gasteiger charge is -2.01. The first-order valence-corrected chi connectivity index (χ1v) is 8.52. The number of carbonyl (C=O) groups is 1. The van der Waals surface area contributed by atoms with Crippen molar-refractivity contribution < 1.29 is 9.90 Å². The number of carbonyl (C=O) groups excluding carboxylic acids is 1. The molecule has 1 amide bonds. The molecular formula is C18H14N4O2S. The van der Waals surface area contributed by atoms with Crippen molar-refractivity contribution in [2.45, 2.75) is 6.42 Å². The third kappa shape index (κ3) is 3.22. The molecule has 1 aromatic carbocycles. The van der Waals surface area contributed by atoms with Gasteiger partial charge in [0.1, 0.15) is 5.75 Å². The number of amides is 1. The topological polar surface area (TPSA) is 90.9 Å². The molecule has 0 radical (unpaired) electrons. The summed E-state index contributed by atoms with van der Waals surface area (Å²) in [5.41, 5.74) is 3.47. The van der Waals surface area contributed by atoms with Crippen LogP contribution in [0.5, 0.6) is 5.75 Å². The Morgan fingerprint density at radius 2 is 2.08 bits per heavy atom. The minimum absolute atomic E-state index is 0.153. The zero-order valence-electron chi connectivity index (χ0n) is 13.1. The number of aromatic nitrogens is 3. The van der Waals surface area contributed by atoms with Crippen molar-refractivity contribution in [1.29, 1.82) is 0 Å². The van der Waals surface area contributed by atoms with E-state index in [4.69, 9.17) is 0 Å². The van der Waals surface area contributed by atoms with Crippen molar-refractivity contribution in [3.05, 3.63) is 59.9 Å². The van der Waals surface area contributed by atoms with Gasteiger partial charge in [-0.25, -0.2) is 4.98 Å². The van der Waals surface area contributed by atoms with Crippen LogP contribution in [0.15, 0.2) is 54.3 Å². The number of anilines is 1. The second kappa shape index (κ2) is 6.37. The van der Waals surface area contributed by atoms with Crippen LogP contribution in [-0.2, 0) is 11.2 Å². The minimum Gasteiger partial charge on any atom is -0.508 e. The van der Waals surface area contributed by atoms with Gasteiger partial charge in [0.25, 0.3) is 0 Å². The number of rotatable bonds is 4. The number of thiazole rings is 1. The van der Waals surface area contributed by atoms with Crippen molar-refractivity contribution in [3.8, 4) is 17.0 Å². The van der Waals surface area contributed by atoms with Gasteiger partial charge in [-0.15, -0.1) is 11.3 Å². The van der Waals surface area contributed by atoms with Gasteiger partial charge in [-0.1, -0.05) is 0 Å². The summed E-state index contributed by atoms with van der Waals surface area (Å²) in [7, 11) is 0. The quantitative estimate of drug-likeness (QED) is 0.525. The van der Waals surface area contributed by atoms with Crippen LogP contribution in [0.3, 0.4) is 0 Å². The van der Waals surface area contributed by atoms with E-state index in [0.29, 0.717) is 5.13 Å². The molecule has 3 N–H and O–H groups in total. The highest BCUT2D eigenvalue weighted by atomic mass is 32.1. The van der Waals surface area contributed by atoms with Crippen LogP contribution in [0.4, 0.5) is 5.13 Å². The average molecular weight is 350 g/mol. The first-order valence-electron chi connectivity index (χ1n) is 7.64. The molecule has 0 aliphatic rings. The largest absolute Gasteiger partial charge is 0.508 e. The fourth-order valence-corrected chi connectivity index (χ4v) is 3.37. The van der Waals surface area contributed by atoms with Crippen LogP contribution in [-0.4, -0.2) is 26.0 Å². The highest BCUT2D eigenvalue weighted by molar-refractivity contribution is 7.14. The van der Waals surface area contributed by atoms with Crippen LogP contribution < -0.4 is 5.32 Å². The second-order valence-electron chi connectivity index (χ2n) is 5.54. The lowest BCUT2D eigenvalue weighted by atomic mass is 10.1. The van der Waals surface area contributed by atoms with E-state index in [1.165, 1.54) is 11.3 Å². The molecule has 0 aliphatic heterocycles. The van der Waals surface area contributed by atoms with E-state index in [1.807, 2.05) is 17.5 Å². The molecule has 3 heterocycles. The molecule has 25 heavy (non-hydrogen) atoms. The van der Waals surface area contributed by atoms with E-state index in [0.717, 1.165) is 27.7 Å². The summed E-state index contributed by atoms with van der Waals surface area (Å²) >= 11 is 1.38. The molecule has 4 aromatic rings. The van der Waals surface area contributed by atoms with Gasteiger partial charge in [0.15, 0.2) is 5.13 Å². The molecule has 0 atom stereocenters. The summed E-state index contributed by atoms with van der Waals surface area (Å²) in [6.45, 7) is 0. The van der Waals surface area contributed by atoms with E-state index in [1.54, 1.807) is 36.8 Å². The number of hydrogen-bond acceptors (Lipinski definition) is 5. The fraction of sp³-hybridized carbons (Fsp3) is 0.0556. The number of nitrogens with zero attached hydrogens (tertiary/aromatic N) is 2. The molecule has 7 heteroatoms. The Hall–Kier alpha value is -3.19. The van der Waals surface area contributed by atoms with Gasteiger partial charge < -0.3 is 15.4 Å². The van der Waals surface area contributed by atoms with Crippen LogP contribution in [0.2, 0.25) is 0 Å². The van der Waals surface area contributed by atoms with Crippen molar-refractivity contribution in [1.82, 2.24) is 15.0 Å². The van der Waals surface area contributed by atoms with Crippen LogP contribution in [0, 0.1) is 0 Å². The Labute approximate surface area is 147 Å². The molecule has 0 bridgehead atoms. The maximum absolute atomic E-state index is 12.3. The van der Waals surface area contributed by atoms with Crippen molar-refractivity contribution in [2.24, 2.45) is 0 Å². The second-order valence-corrected chi connectivity index (χ2v) is 6.40. The molecule has 124 valence electrons. The van der Waals surface area contributed by atoms with Gasteiger partial charge in [-0.2, -0.15) is 0 Å². The number of benzene rings is 1. The van der Waals surface area contributed by atoms with Gasteiger partial charge >= 0.3 is 0 Å². The Balaban J connectivity index is 1.49. The van der Waals surface area contributed by atoms with E-state index in [2.05, 4.69) is 20.3 Å². The molecule has 0 saturated heterocycles. The predicted octanol–water partition coefficient (Wildman–Crippen LogP) is 3.57. The summed E-state index contributed by atoms with van der Waals surface area (Å²) in [5, 5.41) is 15.7. The van der Waals surface area contributed by atoms with Crippen molar-refractivity contribution >= 4 is 33.3 Å². The molecule has 0 fully saturated rings. The Morgan fingerprint density at radius 3 is 2.92 bits per heavy atom. The monoisotopic (exact) mass is 350 g/mol. The maximum Gasteiger partial charge on any atom is 0.230 e. The lowest BCUT2D eigenvalue weighted by molar-refractivity contribution is -0.115. The zero-order valence-corrected chi connectivity index (χ0v) is 13.9. The number of nitrogens with one attached hydrogen (secondary N) is 2. The number of phenolic OH excluding ortho intramolecular Hbond substituents is 1. The number of H-pyrrole nitrogens is 1. The molecule has 3 aromatic heterocycles. The molecule has 0 spiro atoms. The van der Waals surface area contributed by atoms with Gasteiger partial charge in [0.05, 0.1) is 12.1 Å². The fourth-order valence-electron chi connectivity index (χ4n) is 2.64. The van der Waals surface area contributed by atoms with Crippen LogP contribution in [0.1, 0.15) is 5.56 Å². The van der Waals surface area contributed by atoms with Crippen LogP contribution in [0.25, 0.3) is 22.2 Å². The zero-order chi connectivity index (χ0) is 17.2. The smallest absolute Gasteiger partial charge is 0.230 e. The highest BCUT2D eigenvalue weighted by Gasteiger charge is 2.12. The van der Waals surface area contributed by atoms with Gasteiger partial charge in [0.2, 0.25) is 5.91 Å². The molecule has 0 aliphatic carbocycles. The summed E-state index contributed by atoms with van der Waals surface area (Å²) in [4.78, 5) is 23.8. The van der Waals surface area contributed by atoms with E-state index < -0.39 is 0 Å². The van der Waals surface area contributed by atoms with E-state index >= 15 is 0 Å². The third-order valence-electron chi connectivity index (χ3n) is 3.83. The number of pyridine rings is 1. The minimum atomic E-state index is -0.153. The molecule has 0 unspecified atom stereocenters. The molecule has 4 rings (SSSR count). The maximum atomic E-state index is 12.3. The van der Waals surface area contributed by atoms with Gasteiger partial charge in [0, 0.05) is 40.4 Å². The number of hydrogen-bond donors (Lipinski definition) is 3. The van der Waals surface area contributed by atoms with Gasteiger partial charge in [-0.05, 0) is 35.9 Å². The molecule has 6 nitrogen and oxygen atoms in total. The van der Waals surface area contributed by atoms with Gasteiger partial charge in [-0.3, -0.25) is 9.78 Å². The number of aromatic amines is 1. The summed E-state index contributed by atoms with van der Waals surface area (Å²) in [6, 6.07) is 8.80. The first kappa shape index (κ1) is 15.3. The summed E-state index contributed by atoms with van der Waals surface area (Å²) in [6.07, 6.45) is 5.40. The standard InChI is InChI=1S/C18H14N4O2S/c23-13-1-2-15-14(8-13)12(9-20-15)7-17(24)22-18-21-16(10-25-18)11-3-5-19-6-4-11/h1-6,8-10,20,23H,7H2,(H,21,22,24). The van der Waals surface area contributed by atoms with Crippen LogP contribution >= 0.6 is 11.3 Å². The Kier molecular flexibility index (Phi) is 3.91. The lowest BCUT2D eigenvalue weighted by Crippen LogP contribution is -2.14. The normalized spacial score (nSPS) is 10.9. The SMILES string of the molecule is O=C(Cc1c[nH]c2ccc(O)cc12)Nc1nc(-c2ccncc2)cs1. The first-order chi connectivity index (χ1) is 12.2. The molecule has 0 saturated carbocycles. The number of aromatic hydroxyl groups is 1. The van der Waals surface area contributed by atoms with Crippen molar-refractivity contribution in [2.75, 3.05) is 5.32 Å². The predicted molar refractivity (Wildman–Crippen MR) is 97.6 cm³/mol. The summed E-state index contributed by atoms with van der Waals surface area (Å²) in [5.74, 6) is 0.0237. The van der Waals surface area contributed by atoms with E-state index in [9.17, 15) is 9.90 Å². The average Bonchev–Trinajstić information content (AvgIpc) is 3.23.